The van der Waals surface area contributed by atoms with Crippen LogP contribution in [0.3, 0.4) is 0 Å². The number of hydrogen-bond acceptors (Lipinski definition) is 3. The highest BCUT2D eigenvalue weighted by Crippen LogP contribution is 2.19. The van der Waals surface area contributed by atoms with Crippen LogP contribution in [0, 0.1) is 6.92 Å². The largest absolute Gasteiger partial charge is 0.460 e. The van der Waals surface area contributed by atoms with Gasteiger partial charge < -0.3 is 9.84 Å². The normalized spacial score (nSPS) is 13.2. The third-order valence-electron chi connectivity index (χ3n) is 2.21. The summed E-state index contributed by atoms with van der Waals surface area (Å²) in [6.45, 7) is 7.38. The van der Waals surface area contributed by atoms with Crippen LogP contribution in [-0.2, 0) is 9.53 Å². The molecule has 0 spiro atoms. The quantitative estimate of drug-likeness (QED) is 0.821. The molecule has 1 unspecified atom stereocenters. The van der Waals surface area contributed by atoms with Crippen LogP contribution < -0.4 is 0 Å². The Morgan fingerprint density at radius 1 is 1.41 bits per heavy atom. The molecule has 0 radical (unpaired) electrons. The Morgan fingerprint density at radius 2 is 2.06 bits per heavy atom. The van der Waals surface area contributed by atoms with E-state index >= 15 is 0 Å². The first-order valence-electron chi connectivity index (χ1n) is 5.74. The van der Waals surface area contributed by atoms with Crippen LogP contribution in [0.5, 0.6) is 0 Å². The molecule has 94 valence electrons. The average Bonchev–Trinajstić information content (AvgIpc) is 2.14. The first-order chi connectivity index (χ1) is 7.78. The second kappa shape index (κ2) is 5.32. The van der Waals surface area contributed by atoms with Crippen molar-refractivity contribution < 1.29 is 14.6 Å². The number of benzene rings is 1. The van der Waals surface area contributed by atoms with Gasteiger partial charge in [-0.25, -0.2) is 0 Å². The van der Waals surface area contributed by atoms with Gasteiger partial charge in [-0.3, -0.25) is 4.79 Å². The van der Waals surface area contributed by atoms with Crippen molar-refractivity contribution in [3.8, 4) is 0 Å². The molecule has 0 heterocycles. The van der Waals surface area contributed by atoms with Crippen molar-refractivity contribution in [2.45, 2.75) is 45.8 Å². The molecule has 0 amide bonds. The van der Waals surface area contributed by atoms with E-state index in [9.17, 15) is 9.90 Å². The maximum absolute atomic E-state index is 11.5. The fourth-order valence-corrected chi connectivity index (χ4v) is 1.54. The maximum Gasteiger partial charge on any atom is 0.309 e. The van der Waals surface area contributed by atoms with Gasteiger partial charge in [-0.1, -0.05) is 29.8 Å². The van der Waals surface area contributed by atoms with Crippen LogP contribution in [0.15, 0.2) is 24.3 Å². The predicted molar refractivity (Wildman–Crippen MR) is 66.6 cm³/mol. The lowest BCUT2D eigenvalue weighted by molar-refractivity contribution is -0.157. The molecule has 1 N–H and O–H groups in total. The summed E-state index contributed by atoms with van der Waals surface area (Å²) in [6.07, 6.45) is -0.814. The molecule has 0 aliphatic heterocycles. The minimum absolute atomic E-state index is 0.0132. The maximum atomic E-state index is 11.5. The van der Waals surface area contributed by atoms with E-state index < -0.39 is 11.7 Å². The van der Waals surface area contributed by atoms with Gasteiger partial charge in [0.15, 0.2) is 0 Å². The molecule has 3 nitrogen and oxygen atoms in total. The SMILES string of the molecule is Cc1cccc(C(O)CC(=O)OC(C)(C)C)c1. The molecule has 1 aromatic rings. The van der Waals surface area contributed by atoms with Gasteiger partial charge in [0.25, 0.3) is 0 Å². The minimum atomic E-state index is -0.801. The molecule has 3 heteroatoms. The van der Waals surface area contributed by atoms with Crippen LogP contribution in [0.2, 0.25) is 0 Å². The first kappa shape index (κ1) is 13.7. The molecule has 0 bridgehead atoms. The van der Waals surface area contributed by atoms with E-state index in [0.717, 1.165) is 11.1 Å². The first-order valence-corrected chi connectivity index (χ1v) is 5.74. The average molecular weight is 236 g/mol. The van der Waals surface area contributed by atoms with Crippen molar-refractivity contribution in [2.75, 3.05) is 0 Å². The van der Waals surface area contributed by atoms with Gasteiger partial charge in [-0.05, 0) is 33.3 Å². The molecule has 0 aliphatic carbocycles. The third kappa shape index (κ3) is 5.00. The summed E-state index contributed by atoms with van der Waals surface area (Å²) in [5.74, 6) is -0.383. The van der Waals surface area contributed by atoms with Gasteiger partial charge in [0, 0.05) is 0 Å². The van der Waals surface area contributed by atoms with E-state index in [1.165, 1.54) is 0 Å². The van der Waals surface area contributed by atoms with E-state index in [1.54, 1.807) is 0 Å². The Bertz CT molecular complexity index is 391. The lowest BCUT2D eigenvalue weighted by Gasteiger charge is -2.20. The number of hydrogen-bond donors (Lipinski definition) is 1. The zero-order valence-corrected chi connectivity index (χ0v) is 10.9. The standard InChI is InChI=1S/C14H20O3/c1-10-6-5-7-11(8-10)12(15)9-13(16)17-14(2,3)4/h5-8,12,15H,9H2,1-4H3. The van der Waals surface area contributed by atoms with Gasteiger partial charge in [0.05, 0.1) is 12.5 Å². The molecule has 1 aromatic carbocycles. The second-order valence-electron chi connectivity index (χ2n) is 5.22. The summed E-state index contributed by atoms with van der Waals surface area (Å²) < 4.78 is 5.16. The summed E-state index contributed by atoms with van der Waals surface area (Å²) >= 11 is 0. The molecule has 1 rings (SSSR count). The lowest BCUT2D eigenvalue weighted by Crippen LogP contribution is -2.24. The number of carbonyl (C=O) groups excluding carboxylic acids is 1. The lowest BCUT2D eigenvalue weighted by atomic mass is 10.0. The van der Waals surface area contributed by atoms with E-state index in [0.29, 0.717) is 0 Å². The number of carbonyl (C=O) groups is 1. The van der Waals surface area contributed by atoms with Crippen molar-refractivity contribution in [3.63, 3.8) is 0 Å². The van der Waals surface area contributed by atoms with Crippen LogP contribution in [-0.4, -0.2) is 16.7 Å². The van der Waals surface area contributed by atoms with Crippen LogP contribution in [0.1, 0.15) is 44.4 Å². The third-order valence-corrected chi connectivity index (χ3v) is 2.21. The number of aryl methyl sites for hydroxylation is 1. The molecule has 0 aromatic heterocycles. The van der Waals surface area contributed by atoms with Crippen molar-refractivity contribution in [3.05, 3.63) is 35.4 Å². The summed E-state index contributed by atoms with van der Waals surface area (Å²) in [7, 11) is 0. The summed E-state index contributed by atoms with van der Waals surface area (Å²) in [5, 5.41) is 9.91. The van der Waals surface area contributed by atoms with Gasteiger partial charge >= 0.3 is 5.97 Å². The summed E-state index contributed by atoms with van der Waals surface area (Å²) in [6, 6.07) is 7.49. The van der Waals surface area contributed by atoms with Crippen LogP contribution in [0.4, 0.5) is 0 Å². The number of aliphatic hydroxyl groups is 1. The van der Waals surface area contributed by atoms with Crippen molar-refractivity contribution in [1.82, 2.24) is 0 Å². The molecular weight excluding hydrogens is 216 g/mol. The fourth-order valence-electron chi connectivity index (χ4n) is 1.54. The zero-order valence-electron chi connectivity index (χ0n) is 10.9. The topological polar surface area (TPSA) is 46.5 Å². The van der Waals surface area contributed by atoms with E-state index in [-0.39, 0.29) is 12.4 Å². The number of rotatable bonds is 3. The molecule has 1 atom stereocenters. The highest BCUT2D eigenvalue weighted by molar-refractivity contribution is 5.70. The minimum Gasteiger partial charge on any atom is -0.460 e. The Morgan fingerprint density at radius 3 is 2.59 bits per heavy atom. The number of ether oxygens (including phenoxy) is 1. The Kier molecular flexibility index (Phi) is 4.29. The van der Waals surface area contributed by atoms with Gasteiger partial charge in [-0.15, -0.1) is 0 Å². The van der Waals surface area contributed by atoms with Crippen LogP contribution in [0.25, 0.3) is 0 Å². The van der Waals surface area contributed by atoms with E-state index in [2.05, 4.69) is 0 Å². The highest BCUT2D eigenvalue weighted by Gasteiger charge is 2.20. The van der Waals surface area contributed by atoms with Crippen molar-refractivity contribution in [1.29, 1.82) is 0 Å². The Labute approximate surface area is 102 Å². The number of esters is 1. The van der Waals surface area contributed by atoms with Crippen LogP contribution >= 0.6 is 0 Å². The Balaban J connectivity index is 2.61. The van der Waals surface area contributed by atoms with E-state index in [4.69, 9.17) is 4.74 Å². The summed E-state index contributed by atoms with van der Waals surface area (Å²) in [4.78, 5) is 11.5. The molecule has 0 fully saturated rings. The van der Waals surface area contributed by atoms with Crippen molar-refractivity contribution in [2.24, 2.45) is 0 Å². The van der Waals surface area contributed by atoms with E-state index in [1.807, 2.05) is 52.0 Å². The van der Waals surface area contributed by atoms with Gasteiger partial charge in [-0.2, -0.15) is 0 Å². The zero-order chi connectivity index (χ0) is 13.1. The molecule has 17 heavy (non-hydrogen) atoms. The van der Waals surface area contributed by atoms with Gasteiger partial charge in [0.1, 0.15) is 5.60 Å². The predicted octanol–water partition coefficient (Wildman–Crippen LogP) is 2.76. The second-order valence-corrected chi connectivity index (χ2v) is 5.22. The highest BCUT2D eigenvalue weighted by atomic mass is 16.6. The molecular formula is C14H20O3. The van der Waals surface area contributed by atoms with Gasteiger partial charge in [0.2, 0.25) is 0 Å². The van der Waals surface area contributed by atoms with Crippen molar-refractivity contribution >= 4 is 5.97 Å². The molecule has 0 aliphatic rings. The Hall–Kier alpha value is -1.35. The molecule has 0 saturated carbocycles. The smallest absolute Gasteiger partial charge is 0.309 e. The monoisotopic (exact) mass is 236 g/mol. The molecule has 0 saturated heterocycles. The number of aliphatic hydroxyl groups excluding tert-OH is 1. The fraction of sp³-hybridized carbons (Fsp3) is 0.500. The summed E-state index contributed by atoms with van der Waals surface area (Å²) in [5.41, 5.74) is 1.30.